The maximum Gasteiger partial charge on any atom is 0.255 e. The molecule has 1 aliphatic rings. The summed E-state index contributed by atoms with van der Waals surface area (Å²) < 4.78 is 51.9. The molecule has 0 atom stereocenters. The van der Waals surface area contributed by atoms with Crippen LogP contribution in [0.15, 0.2) is 71.6 Å². The number of benzene rings is 3. The molecule has 1 amide bonds. The van der Waals surface area contributed by atoms with Gasteiger partial charge in [-0.05, 0) is 61.5 Å². The van der Waals surface area contributed by atoms with Crippen LogP contribution in [0.4, 0.5) is 10.1 Å². The van der Waals surface area contributed by atoms with Crippen LogP contribution in [0.5, 0.6) is 11.5 Å². The molecule has 0 saturated carbocycles. The first-order chi connectivity index (χ1) is 15.8. The molecule has 1 N–H and O–H groups in total. The van der Waals surface area contributed by atoms with Crippen LogP contribution in [0.25, 0.3) is 0 Å². The summed E-state index contributed by atoms with van der Waals surface area (Å²) in [6.07, 6.45) is 0. The number of amides is 1. The van der Waals surface area contributed by atoms with Gasteiger partial charge in [0.2, 0.25) is 10.0 Å². The van der Waals surface area contributed by atoms with E-state index in [2.05, 4.69) is 5.32 Å². The second-order valence-corrected chi connectivity index (χ2v) is 9.49. The number of carbonyl (C=O) groups excluding carboxylic acids is 1. The van der Waals surface area contributed by atoms with Gasteiger partial charge in [-0.2, -0.15) is 4.31 Å². The lowest BCUT2D eigenvalue weighted by atomic mass is 10.1. The summed E-state index contributed by atoms with van der Waals surface area (Å²) in [4.78, 5) is 12.9. The number of nitrogens with one attached hydrogen (secondary N) is 1. The number of hydrogen-bond donors (Lipinski definition) is 1. The van der Waals surface area contributed by atoms with Crippen molar-refractivity contribution in [1.29, 1.82) is 0 Å². The minimum absolute atomic E-state index is 0.0235. The van der Waals surface area contributed by atoms with Crippen LogP contribution in [0.3, 0.4) is 0 Å². The van der Waals surface area contributed by atoms with E-state index in [4.69, 9.17) is 9.47 Å². The van der Waals surface area contributed by atoms with E-state index in [0.29, 0.717) is 24.5 Å². The monoisotopic (exact) mass is 470 g/mol. The predicted octanol–water partition coefficient (Wildman–Crippen LogP) is 4.20. The fourth-order valence-electron chi connectivity index (χ4n) is 3.40. The van der Waals surface area contributed by atoms with Gasteiger partial charge in [0, 0.05) is 18.7 Å². The van der Waals surface area contributed by atoms with Gasteiger partial charge in [0.15, 0.2) is 5.75 Å². The van der Waals surface area contributed by atoms with Crippen LogP contribution in [0, 0.1) is 12.7 Å². The Bertz CT molecular complexity index is 1260. The maximum absolute atomic E-state index is 13.3. The summed E-state index contributed by atoms with van der Waals surface area (Å²) in [6.45, 7) is 3.02. The number of morpholine rings is 1. The first-order valence-electron chi connectivity index (χ1n) is 10.4. The number of ether oxygens (including phenoxy) is 2. The van der Waals surface area contributed by atoms with E-state index in [1.54, 1.807) is 18.2 Å². The molecule has 0 spiro atoms. The number of carbonyl (C=O) groups is 1. The number of anilines is 1. The summed E-state index contributed by atoms with van der Waals surface area (Å²) in [5.41, 5.74) is 1.51. The van der Waals surface area contributed by atoms with E-state index in [0.717, 1.165) is 5.56 Å². The molecule has 0 unspecified atom stereocenters. The highest BCUT2D eigenvalue weighted by atomic mass is 32.2. The lowest BCUT2D eigenvalue weighted by Gasteiger charge is -2.26. The van der Waals surface area contributed by atoms with Crippen molar-refractivity contribution in [1.82, 2.24) is 4.31 Å². The summed E-state index contributed by atoms with van der Waals surface area (Å²) in [6, 6.07) is 16.7. The highest BCUT2D eigenvalue weighted by Gasteiger charge is 2.27. The lowest BCUT2D eigenvalue weighted by molar-refractivity contribution is 0.0730. The highest BCUT2D eigenvalue weighted by Crippen LogP contribution is 2.33. The van der Waals surface area contributed by atoms with Crippen molar-refractivity contribution in [3.63, 3.8) is 0 Å². The normalized spacial score (nSPS) is 14.6. The fourth-order valence-corrected chi connectivity index (χ4v) is 4.84. The molecule has 7 nitrogen and oxygen atoms in total. The molecule has 33 heavy (non-hydrogen) atoms. The molecule has 4 rings (SSSR count). The second-order valence-electron chi connectivity index (χ2n) is 7.55. The number of halogens is 1. The van der Waals surface area contributed by atoms with Gasteiger partial charge >= 0.3 is 0 Å². The van der Waals surface area contributed by atoms with Crippen LogP contribution in [0.1, 0.15) is 15.9 Å². The van der Waals surface area contributed by atoms with E-state index >= 15 is 0 Å². The molecule has 1 aliphatic heterocycles. The predicted molar refractivity (Wildman–Crippen MR) is 122 cm³/mol. The maximum atomic E-state index is 13.3. The zero-order chi connectivity index (χ0) is 23.4. The van der Waals surface area contributed by atoms with Crippen LogP contribution >= 0.6 is 0 Å². The first kappa shape index (κ1) is 22.9. The Balaban J connectivity index is 1.69. The summed E-state index contributed by atoms with van der Waals surface area (Å²) in [7, 11) is -3.79. The van der Waals surface area contributed by atoms with Gasteiger partial charge in [0.1, 0.15) is 11.6 Å². The third-order valence-corrected chi connectivity index (χ3v) is 7.02. The van der Waals surface area contributed by atoms with Gasteiger partial charge in [-0.15, -0.1) is 0 Å². The minimum Gasteiger partial charge on any atom is -0.455 e. The van der Waals surface area contributed by atoms with Crippen molar-refractivity contribution in [2.75, 3.05) is 31.6 Å². The quantitative estimate of drug-likeness (QED) is 0.584. The number of hydrogen-bond acceptors (Lipinski definition) is 5. The van der Waals surface area contributed by atoms with E-state index < -0.39 is 21.7 Å². The van der Waals surface area contributed by atoms with Crippen molar-refractivity contribution in [2.24, 2.45) is 0 Å². The topological polar surface area (TPSA) is 84.9 Å². The van der Waals surface area contributed by atoms with Crippen molar-refractivity contribution in [3.05, 3.63) is 83.7 Å². The third kappa shape index (κ3) is 5.39. The van der Waals surface area contributed by atoms with E-state index in [1.807, 2.05) is 13.0 Å². The zero-order valence-electron chi connectivity index (χ0n) is 18.0. The number of rotatable bonds is 6. The SMILES string of the molecule is Cc1cccc(C(=O)Nc2cc(S(=O)(=O)N3CCOCC3)ccc2Oc2ccc(F)cc2)c1. The molecule has 3 aromatic rings. The van der Waals surface area contributed by atoms with Crippen molar-refractivity contribution in [3.8, 4) is 11.5 Å². The van der Waals surface area contributed by atoms with Gasteiger partial charge < -0.3 is 14.8 Å². The van der Waals surface area contributed by atoms with Gasteiger partial charge in [0.25, 0.3) is 5.91 Å². The van der Waals surface area contributed by atoms with Gasteiger partial charge in [0.05, 0.1) is 23.8 Å². The van der Waals surface area contributed by atoms with Crippen molar-refractivity contribution in [2.45, 2.75) is 11.8 Å². The van der Waals surface area contributed by atoms with E-state index in [1.165, 1.54) is 46.8 Å². The Kier molecular flexibility index (Phi) is 6.73. The Morgan fingerprint density at radius 2 is 1.76 bits per heavy atom. The molecule has 3 aromatic carbocycles. The largest absolute Gasteiger partial charge is 0.455 e. The highest BCUT2D eigenvalue weighted by molar-refractivity contribution is 7.89. The van der Waals surface area contributed by atoms with E-state index in [9.17, 15) is 17.6 Å². The lowest BCUT2D eigenvalue weighted by Crippen LogP contribution is -2.40. The number of nitrogens with zero attached hydrogens (tertiary/aromatic N) is 1. The minimum atomic E-state index is -3.79. The number of aryl methyl sites for hydroxylation is 1. The Morgan fingerprint density at radius 1 is 1.03 bits per heavy atom. The van der Waals surface area contributed by atoms with Crippen LogP contribution in [-0.2, 0) is 14.8 Å². The molecule has 0 aliphatic carbocycles. The summed E-state index contributed by atoms with van der Waals surface area (Å²) >= 11 is 0. The Labute approximate surface area is 191 Å². The fraction of sp³-hybridized carbons (Fsp3) is 0.208. The van der Waals surface area contributed by atoms with Crippen LogP contribution in [0.2, 0.25) is 0 Å². The smallest absolute Gasteiger partial charge is 0.255 e. The molecule has 172 valence electrons. The molecule has 0 aromatic heterocycles. The van der Waals surface area contributed by atoms with Gasteiger partial charge in [-0.3, -0.25) is 4.79 Å². The molecule has 1 heterocycles. The number of sulfonamides is 1. The molecular weight excluding hydrogens is 447 g/mol. The average Bonchev–Trinajstić information content (AvgIpc) is 2.82. The summed E-state index contributed by atoms with van der Waals surface area (Å²) in [5.74, 6) is -0.263. The molecule has 1 fully saturated rings. The Morgan fingerprint density at radius 3 is 2.45 bits per heavy atom. The Hall–Kier alpha value is -3.27. The summed E-state index contributed by atoms with van der Waals surface area (Å²) in [5, 5.41) is 2.76. The van der Waals surface area contributed by atoms with Crippen LogP contribution in [-0.4, -0.2) is 44.9 Å². The standard InChI is InChI=1S/C24H23FN2O5S/c1-17-3-2-4-18(15-17)24(28)26-22-16-21(33(29,30)27-11-13-31-14-12-27)9-10-23(22)32-20-7-5-19(25)6-8-20/h2-10,15-16H,11-14H2,1H3,(H,26,28). The van der Waals surface area contributed by atoms with Gasteiger partial charge in [-0.25, -0.2) is 12.8 Å². The second kappa shape index (κ2) is 9.70. The van der Waals surface area contributed by atoms with Crippen molar-refractivity contribution >= 4 is 21.6 Å². The van der Waals surface area contributed by atoms with Crippen LogP contribution < -0.4 is 10.1 Å². The third-order valence-electron chi connectivity index (χ3n) is 5.13. The van der Waals surface area contributed by atoms with E-state index in [-0.39, 0.29) is 29.4 Å². The molecule has 0 radical (unpaired) electrons. The molecule has 9 heteroatoms. The van der Waals surface area contributed by atoms with Crippen molar-refractivity contribution < 1.29 is 27.1 Å². The zero-order valence-corrected chi connectivity index (χ0v) is 18.8. The van der Waals surface area contributed by atoms with Gasteiger partial charge in [-0.1, -0.05) is 17.7 Å². The molecular formula is C24H23FN2O5S. The average molecular weight is 471 g/mol. The molecule has 1 saturated heterocycles. The molecule has 0 bridgehead atoms. The first-order valence-corrected chi connectivity index (χ1v) is 11.8.